The lowest BCUT2D eigenvalue weighted by atomic mass is 10.1. The van der Waals surface area contributed by atoms with E-state index in [1.165, 1.54) is 11.0 Å². The van der Waals surface area contributed by atoms with Crippen LogP contribution in [0.5, 0.6) is 0 Å². The molecule has 0 saturated carbocycles. The zero-order chi connectivity index (χ0) is 23.6. The summed E-state index contributed by atoms with van der Waals surface area (Å²) >= 11 is 0. The molecule has 35 heavy (non-hydrogen) atoms. The van der Waals surface area contributed by atoms with Gasteiger partial charge in [-0.3, -0.25) is 4.79 Å². The minimum Gasteiger partial charge on any atom is -0.467 e. The van der Waals surface area contributed by atoms with Gasteiger partial charge in [0.25, 0.3) is 5.91 Å². The maximum Gasteiger partial charge on any atom is 0.256 e. The third kappa shape index (κ3) is 4.04. The van der Waals surface area contributed by atoms with Crippen molar-refractivity contribution < 1.29 is 9.21 Å². The fourth-order valence-corrected chi connectivity index (χ4v) is 3.86. The lowest BCUT2D eigenvalue weighted by Gasteiger charge is -2.10. The van der Waals surface area contributed by atoms with E-state index in [4.69, 9.17) is 9.40 Å². The van der Waals surface area contributed by atoms with Crippen molar-refractivity contribution in [3.8, 4) is 16.9 Å². The van der Waals surface area contributed by atoms with E-state index in [1.807, 2.05) is 60.7 Å². The van der Waals surface area contributed by atoms with Crippen molar-refractivity contribution >= 4 is 22.6 Å². The number of rotatable bonds is 6. The number of furan rings is 1. The third-order valence-electron chi connectivity index (χ3n) is 5.53. The largest absolute Gasteiger partial charge is 0.467 e. The van der Waals surface area contributed by atoms with Crippen LogP contribution >= 0.6 is 0 Å². The van der Waals surface area contributed by atoms with Gasteiger partial charge in [0.15, 0.2) is 5.65 Å². The molecule has 6 aromatic rings. The van der Waals surface area contributed by atoms with Gasteiger partial charge < -0.3 is 9.73 Å². The van der Waals surface area contributed by atoms with Crippen molar-refractivity contribution in [2.45, 2.75) is 6.54 Å². The van der Waals surface area contributed by atoms with E-state index in [2.05, 4.69) is 25.9 Å². The van der Waals surface area contributed by atoms with Crippen LogP contribution in [0.3, 0.4) is 0 Å². The predicted molar refractivity (Wildman–Crippen MR) is 128 cm³/mol. The zero-order valence-electron chi connectivity index (χ0n) is 18.3. The zero-order valence-corrected chi connectivity index (χ0v) is 18.3. The summed E-state index contributed by atoms with van der Waals surface area (Å²) in [7, 11) is 0. The summed E-state index contributed by atoms with van der Waals surface area (Å²) in [4.78, 5) is 18.3. The maximum atomic E-state index is 13.5. The second kappa shape index (κ2) is 8.67. The molecule has 0 fully saturated rings. The van der Waals surface area contributed by atoms with Gasteiger partial charge >= 0.3 is 0 Å². The molecule has 1 amide bonds. The van der Waals surface area contributed by atoms with Crippen LogP contribution in [0.2, 0.25) is 0 Å². The highest BCUT2D eigenvalue weighted by atomic mass is 16.3. The van der Waals surface area contributed by atoms with Crippen LogP contribution in [0.25, 0.3) is 28.0 Å². The third-order valence-corrected chi connectivity index (χ3v) is 5.53. The van der Waals surface area contributed by atoms with Crippen LogP contribution in [0.15, 0.2) is 96.0 Å². The number of benzene rings is 2. The molecule has 4 aromatic heterocycles. The van der Waals surface area contributed by atoms with E-state index in [-0.39, 0.29) is 5.91 Å². The first-order valence-corrected chi connectivity index (χ1v) is 10.8. The van der Waals surface area contributed by atoms with Crippen LogP contribution in [-0.2, 0) is 6.54 Å². The van der Waals surface area contributed by atoms with E-state index in [0.29, 0.717) is 34.5 Å². The number of nitrogens with zero attached hydrogens (tertiary/aromatic N) is 7. The van der Waals surface area contributed by atoms with E-state index in [0.717, 1.165) is 17.0 Å². The summed E-state index contributed by atoms with van der Waals surface area (Å²) in [6, 6.07) is 22.5. The van der Waals surface area contributed by atoms with Gasteiger partial charge in [-0.05, 0) is 46.8 Å². The number of pyridine rings is 1. The number of anilines is 1. The minimum atomic E-state index is -0.277. The molecule has 1 N–H and O–H groups in total. The first-order valence-electron chi connectivity index (χ1n) is 10.8. The van der Waals surface area contributed by atoms with Crippen molar-refractivity contribution in [1.82, 2.24) is 35.0 Å². The number of tetrazole rings is 1. The summed E-state index contributed by atoms with van der Waals surface area (Å²) in [5.41, 5.74) is 3.96. The lowest BCUT2D eigenvalue weighted by Crippen LogP contribution is -2.13. The summed E-state index contributed by atoms with van der Waals surface area (Å²) in [5, 5.41) is 19.3. The number of nitrogens with one attached hydrogen (secondary N) is 1. The minimum absolute atomic E-state index is 0.277. The van der Waals surface area contributed by atoms with Gasteiger partial charge in [-0.1, -0.05) is 36.4 Å². The second-order valence-corrected chi connectivity index (χ2v) is 7.80. The van der Waals surface area contributed by atoms with Crippen LogP contribution in [-0.4, -0.2) is 40.9 Å². The first kappa shape index (κ1) is 20.5. The molecule has 0 aliphatic rings. The first-order chi connectivity index (χ1) is 17.2. The molecule has 2 aromatic carbocycles. The Hall–Kier alpha value is -5.12. The van der Waals surface area contributed by atoms with Gasteiger partial charge in [0.1, 0.15) is 18.6 Å². The van der Waals surface area contributed by atoms with Crippen molar-refractivity contribution in [3.63, 3.8) is 0 Å². The number of carbonyl (C=O) groups excluding carboxylic acids is 1. The van der Waals surface area contributed by atoms with Gasteiger partial charge in [0.2, 0.25) is 0 Å². The van der Waals surface area contributed by atoms with Gasteiger partial charge in [-0.2, -0.15) is 5.10 Å². The summed E-state index contributed by atoms with van der Waals surface area (Å²) < 4.78 is 8.74. The van der Waals surface area contributed by atoms with Crippen LogP contribution in [0.1, 0.15) is 16.1 Å². The van der Waals surface area contributed by atoms with Crippen molar-refractivity contribution in [3.05, 3.63) is 103 Å². The molecule has 0 aliphatic carbocycles. The average molecular weight is 462 g/mol. The molecule has 0 spiro atoms. The fraction of sp³-hybridized carbons (Fsp3) is 0.0400. The van der Waals surface area contributed by atoms with Crippen molar-refractivity contribution in [2.75, 3.05) is 5.32 Å². The second-order valence-electron chi connectivity index (χ2n) is 7.80. The van der Waals surface area contributed by atoms with Crippen LogP contribution in [0, 0.1) is 0 Å². The number of aromatic nitrogens is 7. The molecular weight excluding hydrogens is 444 g/mol. The Labute approximate surface area is 198 Å². The van der Waals surface area contributed by atoms with Gasteiger partial charge in [-0.15, -0.1) is 5.10 Å². The Bertz CT molecular complexity index is 1610. The van der Waals surface area contributed by atoms with E-state index in [9.17, 15) is 4.79 Å². The summed E-state index contributed by atoms with van der Waals surface area (Å²) in [5.74, 6) is 0.466. The SMILES string of the molecule is O=C(Nc1cccc(-n2cnnn2)c1)c1cc(-c2ccccc2)nc2c1cnn2Cc1ccco1. The quantitative estimate of drug-likeness (QED) is 0.398. The molecule has 170 valence electrons. The highest BCUT2D eigenvalue weighted by Gasteiger charge is 2.18. The Balaban J connectivity index is 1.41. The van der Waals surface area contributed by atoms with Crippen molar-refractivity contribution in [1.29, 1.82) is 0 Å². The summed E-state index contributed by atoms with van der Waals surface area (Å²) in [6.45, 7) is 0.400. The molecule has 6 rings (SSSR count). The molecular formula is C25H18N8O2. The maximum absolute atomic E-state index is 13.5. The molecule has 0 saturated heterocycles. The highest BCUT2D eigenvalue weighted by molar-refractivity contribution is 6.12. The van der Waals surface area contributed by atoms with E-state index < -0.39 is 0 Å². The Kier molecular flexibility index (Phi) is 5.08. The number of hydrogen-bond donors (Lipinski definition) is 1. The Morgan fingerprint density at radius 2 is 1.91 bits per heavy atom. The summed E-state index contributed by atoms with van der Waals surface area (Å²) in [6.07, 6.45) is 4.77. The Morgan fingerprint density at radius 3 is 2.71 bits per heavy atom. The molecule has 4 heterocycles. The van der Waals surface area contributed by atoms with Crippen LogP contribution < -0.4 is 5.32 Å². The lowest BCUT2D eigenvalue weighted by molar-refractivity contribution is 0.102. The standard InChI is InChI=1S/C25H18N8O2/c34-25(28-18-8-4-9-19(12-18)33-16-26-30-31-33)21-13-23(17-6-2-1-3-7-17)29-24-22(21)14-27-32(24)15-20-10-5-11-35-20/h1-14,16H,15H2,(H,28,34). The van der Waals surface area contributed by atoms with Crippen molar-refractivity contribution in [2.24, 2.45) is 0 Å². The van der Waals surface area contributed by atoms with Gasteiger partial charge in [0.05, 0.1) is 34.8 Å². The molecule has 0 unspecified atom stereocenters. The molecule has 0 aliphatic heterocycles. The van der Waals surface area contributed by atoms with Gasteiger partial charge in [0, 0.05) is 11.3 Å². The molecule has 10 heteroatoms. The fourth-order valence-electron chi connectivity index (χ4n) is 3.86. The number of amides is 1. The number of hydrogen-bond acceptors (Lipinski definition) is 7. The normalized spacial score (nSPS) is 11.1. The van der Waals surface area contributed by atoms with Crippen LogP contribution in [0.4, 0.5) is 5.69 Å². The number of carbonyl (C=O) groups is 1. The highest BCUT2D eigenvalue weighted by Crippen LogP contribution is 2.26. The monoisotopic (exact) mass is 462 g/mol. The number of fused-ring (bicyclic) bond motifs is 1. The molecule has 0 bridgehead atoms. The van der Waals surface area contributed by atoms with Gasteiger partial charge in [-0.25, -0.2) is 14.3 Å². The predicted octanol–water partition coefficient (Wildman–Crippen LogP) is 3.97. The molecule has 0 radical (unpaired) electrons. The van der Waals surface area contributed by atoms with E-state index in [1.54, 1.807) is 29.3 Å². The Morgan fingerprint density at radius 1 is 1.00 bits per heavy atom. The van der Waals surface area contributed by atoms with E-state index >= 15 is 0 Å². The smallest absolute Gasteiger partial charge is 0.256 e. The topological polar surface area (TPSA) is 117 Å². The average Bonchev–Trinajstić information content (AvgIpc) is 3.68. The molecule has 0 atom stereocenters. The molecule has 10 nitrogen and oxygen atoms in total.